The molecule has 0 bridgehead atoms. The van der Waals surface area contributed by atoms with Gasteiger partial charge in [-0.2, -0.15) is 0 Å². The minimum Gasteiger partial charge on any atom is -0.465 e. The third kappa shape index (κ3) is 1.50. The van der Waals surface area contributed by atoms with Crippen molar-refractivity contribution in [3.8, 4) is 0 Å². The molecule has 3 heteroatoms. The molecule has 14 heavy (non-hydrogen) atoms. The molecule has 0 unspecified atom stereocenters. The smallest absolute Gasteiger partial charge is 0.339 e. The maximum absolute atomic E-state index is 11.5. The van der Waals surface area contributed by atoms with Gasteiger partial charge in [-0.1, -0.05) is 0 Å². The number of aromatic nitrogens is 1. The molecule has 0 saturated heterocycles. The fourth-order valence-corrected chi connectivity index (χ4v) is 1.69. The summed E-state index contributed by atoms with van der Waals surface area (Å²) in [7, 11) is 1.41. The van der Waals surface area contributed by atoms with Gasteiger partial charge in [-0.25, -0.2) is 4.79 Å². The molecule has 1 heterocycles. The number of rotatable bonds is 2. The van der Waals surface area contributed by atoms with E-state index in [4.69, 9.17) is 4.74 Å². The molecule has 1 fully saturated rings. The predicted molar refractivity (Wildman–Crippen MR) is 52.3 cm³/mol. The average Bonchev–Trinajstić information content (AvgIpc) is 2.99. The highest BCUT2D eigenvalue weighted by Gasteiger charge is 2.29. The van der Waals surface area contributed by atoms with E-state index in [9.17, 15) is 4.79 Å². The van der Waals surface area contributed by atoms with Crippen LogP contribution >= 0.6 is 0 Å². The highest BCUT2D eigenvalue weighted by atomic mass is 16.5. The number of hydrogen-bond acceptors (Lipinski definition) is 3. The van der Waals surface area contributed by atoms with Crippen molar-refractivity contribution in [1.29, 1.82) is 0 Å². The molecule has 1 aromatic rings. The minimum atomic E-state index is -0.266. The van der Waals surface area contributed by atoms with Gasteiger partial charge in [-0.15, -0.1) is 0 Å². The van der Waals surface area contributed by atoms with Crippen LogP contribution in [0.15, 0.2) is 12.3 Å². The molecular formula is C11H13NO2. The highest BCUT2D eigenvalue weighted by Crippen LogP contribution is 2.42. The lowest BCUT2D eigenvalue weighted by Gasteiger charge is -2.08. The van der Waals surface area contributed by atoms with Crippen LogP contribution in [-0.2, 0) is 4.74 Å². The van der Waals surface area contributed by atoms with Crippen molar-refractivity contribution in [2.45, 2.75) is 25.7 Å². The van der Waals surface area contributed by atoms with E-state index in [1.165, 1.54) is 20.0 Å². The number of ether oxygens (including phenoxy) is 1. The molecule has 0 aliphatic heterocycles. The zero-order chi connectivity index (χ0) is 10.1. The van der Waals surface area contributed by atoms with Crippen molar-refractivity contribution in [3.63, 3.8) is 0 Å². The van der Waals surface area contributed by atoms with Gasteiger partial charge in [0.2, 0.25) is 0 Å². The van der Waals surface area contributed by atoms with Gasteiger partial charge in [0, 0.05) is 6.20 Å². The maximum atomic E-state index is 11.5. The second-order valence-electron chi connectivity index (χ2n) is 3.63. The van der Waals surface area contributed by atoms with Gasteiger partial charge < -0.3 is 4.74 Å². The molecule has 0 spiro atoms. The van der Waals surface area contributed by atoms with E-state index in [1.807, 2.05) is 13.0 Å². The van der Waals surface area contributed by atoms with Crippen LogP contribution in [-0.4, -0.2) is 18.1 Å². The Bertz CT molecular complexity index is 370. The summed E-state index contributed by atoms with van der Waals surface area (Å²) >= 11 is 0. The van der Waals surface area contributed by atoms with E-state index in [0.29, 0.717) is 11.5 Å². The van der Waals surface area contributed by atoms with Crippen LogP contribution in [0.3, 0.4) is 0 Å². The SMILES string of the molecule is COC(=O)c1c(C2CC2)ccnc1C. The summed E-state index contributed by atoms with van der Waals surface area (Å²) in [6.45, 7) is 1.85. The number of nitrogens with zero attached hydrogens (tertiary/aromatic N) is 1. The Morgan fingerprint density at radius 3 is 2.86 bits per heavy atom. The predicted octanol–water partition coefficient (Wildman–Crippen LogP) is 2.05. The van der Waals surface area contributed by atoms with Gasteiger partial charge in [-0.05, 0) is 37.3 Å². The third-order valence-electron chi connectivity index (χ3n) is 2.58. The molecule has 1 aliphatic carbocycles. The molecular weight excluding hydrogens is 178 g/mol. The molecule has 1 aromatic heterocycles. The third-order valence-corrected chi connectivity index (χ3v) is 2.58. The first-order valence-electron chi connectivity index (χ1n) is 4.78. The fraction of sp³-hybridized carbons (Fsp3) is 0.455. The Balaban J connectivity index is 2.47. The van der Waals surface area contributed by atoms with Crippen molar-refractivity contribution >= 4 is 5.97 Å². The quantitative estimate of drug-likeness (QED) is 0.671. The lowest BCUT2D eigenvalue weighted by molar-refractivity contribution is 0.0598. The largest absolute Gasteiger partial charge is 0.465 e. The number of esters is 1. The maximum Gasteiger partial charge on any atom is 0.339 e. The zero-order valence-corrected chi connectivity index (χ0v) is 8.41. The standard InChI is InChI=1S/C11H13NO2/c1-7-10(11(13)14-2)9(5-6-12-7)8-3-4-8/h5-6,8H,3-4H2,1-2H3. The Kier molecular flexibility index (Phi) is 2.23. The van der Waals surface area contributed by atoms with Gasteiger partial charge in [0.25, 0.3) is 0 Å². The molecule has 0 N–H and O–H groups in total. The number of pyridine rings is 1. The summed E-state index contributed by atoms with van der Waals surface area (Å²) in [5, 5.41) is 0. The monoisotopic (exact) mass is 191 g/mol. The first-order valence-corrected chi connectivity index (χ1v) is 4.78. The summed E-state index contributed by atoms with van der Waals surface area (Å²) in [5.41, 5.74) is 2.53. The van der Waals surface area contributed by atoms with E-state index in [1.54, 1.807) is 6.20 Å². The number of hydrogen-bond donors (Lipinski definition) is 0. The molecule has 0 radical (unpaired) electrons. The first kappa shape index (κ1) is 9.19. The molecule has 74 valence electrons. The molecule has 3 nitrogen and oxygen atoms in total. The van der Waals surface area contributed by atoms with Gasteiger partial charge in [0.05, 0.1) is 18.4 Å². The van der Waals surface area contributed by atoms with Crippen LogP contribution in [0, 0.1) is 6.92 Å². The van der Waals surface area contributed by atoms with E-state index >= 15 is 0 Å². The Hall–Kier alpha value is -1.38. The van der Waals surface area contributed by atoms with Crippen LogP contribution in [0.25, 0.3) is 0 Å². The van der Waals surface area contributed by atoms with Gasteiger partial charge in [0.15, 0.2) is 0 Å². The molecule has 0 amide bonds. The second kappa shape index (κ2) is 3.40. The molecule has 0 aromatic carbocycles. The number of carbonyl (C=O) groups excluding carboxylic acids is 1. The molecule has 1 aliphatic rings. The van der Waals surface area contributed by atoms with E-state index in [0.717, 1.165) is 11.3 Å². The molecule has 1 saturated carbocycles. The highest BCUT2D eigenvalue weighted by molar-refractivity contribution is 5.92. The number of methoxy groups -OCH3 is 1. The van der Waals surface area contributed by atoms with Crippen molar-refractivity contribution in [2.24, 2.45) is 0 Å². The first-order chi connectivity index (χ1) is 6.74. The van der Waals surface area contributed by atoms with Crippen molar-refractivity contribution in [3.05, 3.63) is 29.1 Å². The van der Waals surface area contributed by atoms with Gasteiger partial charge >= 0.3 is 5.97 Å². The van der Waals surface area contributed by atoms with Crippen molar-refractivity contribution in [2.75, 3.05) is 7.11 Å². The van der Waals surface area contributed by atoms with Crippen LogP contribution in [0.1, 0.15) is 40.4 Å². The van der Waals surface area contributed by atoms with Crippen molar-refractivity contribution < 1.29 is 9.53 Å². The van der Waals surface area contributed by atoms with Crippen LogP contribution in [0.4, 0.5) is 0 Å². The van der Waals surface area contributed by atoms with E-state index < -0.39 is 0 Å². The Labute approximate surface area is 83.1 Å². The lowest BCUT2D eigenvalue weighted by Crippen LogP contribution is -2.08. The van der Waals surface area contributed by atoms with E-state index in [-0.39, 0.29) is 5.97 Å². The Morgan fingerprint density at radius 1 is 1.57 bits per heavy atom. The van der Waals surface area contributed by atoms with Gasteiger partial charge in [0.1, 0.15) is 0 Å². The summed E-state index contributed by atoms with van der Waals surface area (Å²) in [5.74, 6) is 0.281. The Morgan fingerprint density at radius 2 is 2.29 bits per heavy atom. The topological polar surface area (TPSA) is 39.2 Å². The molecule has 0 atom stereocenters. The van der Waals surface area contributed by atoms with Crippen LogP contribution in [0.2, 0.25) is 0 Å². The number of aryl methyl sites for hydroxylation is 1. The van der Waals surface area contributed by atoms with Crippen LogP contribution < -0.4 is 0 Å². The van der Waals surface area contributed by atoms with E-state index in [2.05, 4.69) is 4.98 Å². The van der Waals surface area contributed by atoms with Gasteiger partial charge in [-0.3, -0.25) is 4.98 Å². The van der Waals surface area contributed by atoms with Crippen LogP contribution in [0.5, 0.6) is 0 Å². The summed E-state index contributed by atoms with van der Waals surface area (Å²) in [4.78, 5) is 15.6. The zero-order valence-electron chi connectivity index (χ0n) is 8.41. The second-order valence-corrected chi connectivity index (χ2v) is 3.63. The van der Waals surface area contributed by atoms with Crippen molar-refractivity contribution in [1.82, 2.24) is 4.98 Å². The normalized spacial score (nSPS) is 15.3. The minimum absolute atomic E-state index is 0.266. The molecule has 2 rings (SSSR count). The average molecular weight is 191 g/mol. The summed E-state index contributed by atoms with van der Waals surface area (Å²) in [6, 6.07) is 1.93. The summed E-state index contributed by atoms with van der Waals surface area (Å²) in [6.07, 6.45) is 4.11. The summed E-state index contributed by atoms with van der Waals surface area (Å²) < 4.78 is 4.76. The number of carbonyl (C=O) groups is 1. The fourth-order valence-electron chi connectivity index (χ4n) is 1.69. The lowest BCUT2D eigenvalue weighted by atomic mass is 10.0.